The summed E-state index contributed by atoms with van der Waals surface area (Å²) in [5.74, 6) is -0.957. The zero-order valence-electron chi connectivity index (χ0n) is 24.4. The van der Waals surface area contributed by atoms with Gasteiger partial charge >= 0.3 is 5.97 Å². The maximum Gasteiger partial charge on any atom is 0.322 e. The van der Waals surface area contributed by atoms with Crippen molar-refractivity contribution in [2.75, 3.05) is 7.05 Å². The third kappa shape index (κ3) is 6.29. The number of carbonyl (C=O) groups is 1. The van der Waals surface area contributed by atoms with Gasteiger partial charge in [0.1, 0.15) is 23.2 Å². The first-order valence-corrected chi connectivity index (χ1v) is 15.9. The molecule has 6 nitrogen and oxygen atoms in total. The Bertz CT molecular complexity index is 2070. The van der Waals surface area contributed by atoms with Crippen LogP contribution >= 0.6 is 0 Å². The Kier molecular flexibility index (Phi) is 8.34. The number of rotatable bonds is 10. The fraction of sp³-hybridized carbons (Fsp3) is 0.108. The minimum Gasteiger partial charge on any atom is -0.480 e. The maximum absolute atomic E-state index is 13.7. The molecule has 6 rings (SSSR count). The molecular formula is C37H30FNO5S. The predicted molar refractivity (Wildman–Crippen MR) is 173 cm³/mol. The summed E-state index contributed by atoms with van der Waals surface area (Å²) in [5, 5.41) is 10.8. The Balaban J connectivity index is 1.25. The van der Waals surface area contributed by atoms with Crippen molar-refractivity contribution in [2.45, 2.75) is 23.8 Å². The van der Waals surface area contributed by atoms with E-state index in [4.69, 9.17) is 4.42 Å². The van der Waals surface area contributed by atoms with E-state index in [1.807, 2.05) is 60.7 Å². The first-order valence-electron chi connectivity index (χ1n) is 14.4. The van der Waals surface area contributed by atoms with E-state index >= 15 is 0 Å². The van der Waals surface area contributed by atoms with Gasteiger partial charge in [-0.3, -0.25) is 4.79 Å². The number of benzene rings is 5. The number of sulfonamides is 1. The molecule has 0 aliphatic rings. The number of carboxylic acid groups (broad SMARTS) is 1. The average Bonchev–Trinajstić information content (AvgIpc) is 3.41. The van der Waals surface area contributed by atoms with E-state index in [1.165, 1.54) is 37.4 Å². The van der Waals surface area contributed by atoms with Crippen LogP contribution in [0.2, 0.25) is 0 Å². The molecule has 0 aliphatic carbocycles. The van der Waals surface area contributed by atoms with Crippen molar-refractivity contribution < 1.29 is 27.1 Å². The predicted octanol–water partition coefficient (Wildman–Crippen LogP) is 7.81. The summed E-state index contributed by atoms with van der Waals surface area (Å²) in [6, 6.07) is 36.6. The van der Waals surface area contributed by atoms with E-state index in [0.717, 1.165) is 48.9 Å². The standard InChI is InChI=1S/C37H30FNO5S/c1-39(33(37(40)41)23-26-10-7-11-30(38)22-26)45(42,43)31-20-18-28(19-21-31)27-14-16-29(17-15-27)36-32-12-5-6-13-34(32)44-35(36)24-25-8-3-2-4-9-25/h2-22,33H,23-24H2,1H3,(H,40,41)/t33-/m0/s1. The lowest BCUT2D eigenvalue weighted by Crippen LogP contribution is -2.43. The van der Waals surface area contributed by atoms with Crippen LogP contribution in [-0.2, 0) is 27.7 Å². The van der Waals surface area contributed by atoms with E-state index in [1.54, 1.807) is 18.2 Å². The van der Waals surface area contributed by atoms with Gasteiger partial charge in [0.05, 0.1) is 4.90 Å². The first-order chi connectivity index (χ1) is 21.7. The van der Waals surface area contributed by atoms with Crippen molar-refractivity contribution in [1.29, 1.82) is 0 Å². The lowest BCUT2D eigenvalue weighted by atomic mass is 9.96. The number of furan rings is 1. The Morgan fingerprint density at radius 1 is 0.778 bits per heavy atom. The molecule has 1 N–H and O–H groups in total. The average molecular weight is 620 g/mol. The molecule has 0 amide bonds. The SMILES string of the molecule is CN([C@@H](Cc1cccc(F)c1)C(=O)O)S(=O)(=O)c1ccc(-c2ccc(-c3c(Cc4ccccc4)oc4ccccc34)cc2)cc1. The van der Waals surface area contributed by atoms with E-state index < -0.39 is 27.9 Å². The lowest BCUT2D eigenvalue weighted by molar-refractivity contribution is -0.141. The second kappa shape index (κ2) is 12.5. The number of carboxylic acids is 1. The van der Waals surface area contributed by atoms with E-state index in [2.05, 4.69) is 18.2 Å². The van der Waals surface area contributed by atoms with Gasteiger partial charge < -0.3 is 9.52 Å². The quantitative estimate of drug-likeness (QED) is 0.169. The summed E-state index contributed by atoms with van der Waals surface area (Å²) in [7, 11) is -2.92. The second-order valence-corrected chi connectivity index (χ2v) is 12.9. The Labute approximate surface area is 261 Å². The van der Waals surface area contributed by atoms with Gasteiger partial charge in [-0.2, -0.15) is 4.31 Å². The molecule has 0 saturated heterocycles. The number of aliphatic carboxylic acids is 1. The monoisotopic (exact) mass is 619 g/mol. The molecule has 1 atom stereocenters. The summed E-state index contributed by atoms with van der Waals surface area (Å²) in [6.07, 6.45) is 0.480. The third-order valence-electron chi connectivity index (χ3n) is 7.96. The van der Waals surface area contributed by atoms with Crippen LogP contribution in [0.4, 0.5) is 4.39 Å². The highest BCUT2D eigenvalue weighted by molar-refractivity contribution is 7.89. The fourth-order valence-electron chi connectivity index (χ4n) is 5.56. The van der Waals surface area contributed by atoms with E-state index in [-0.39, 0.29) is 11.3 Å². The van der Waals surface area contributed by atoms with E-state index in [9.17, 15) is 22.7 Å². The number of hydrogen-bond donors (Lipinski definition) is 1. The highest BCUT2D eigenvalue weighted by atomic mass is 32.2. The summed E-state index contributed by atoms with van der Waals surface area (Å²) in [4.78, 5) is 12.0. The fourth-order valence-corrected chi connectivity index (χ4v) is 6.87. The molecule has 1 heterocycles. The lowest BCUT2D eigenvalue weighted by Gasteiger charge is -2.24. The van der Waals surface area contributed by atoms with Gasteiger partial charge in [-0.05, 0) is 64.6 Å². The molecule has 5 aromatic carbocycles. The molecule has 226 valence electrons. The van der Waals surface area contributed by atoms with Crippen LogP contribution in [0.3, 0.4) is 0 Å². The Morgan fingerprint density at radius 2 is 1.38 bits per heavy atom. The maximum atomic E-state index is 13.7. The summed E-state index contributed by atoms with van der Waals surface area (Å²) in [5.41, 5.74) is 6.11. The van der Waals surface area contributed by atoms with Crippen LogP contribution in [0.1, 0.15) is 16.9 Å². The number of halogens is 1. The van der Waals surface area contributed by atoms with Crippen LogP contribution in [0, 0.1) is 5.82 Å². The third-order valence-corrected chi connectivity index (χ3v) is 9.84. The molecule has 0 radical (unpaired) electrons. The van der Waals surface area contributed by atoms with Gasteiger partial charge in [0.25, 0.3) is 0 Å². The van der Waals surface area contributed by atoms with Crippen molar-refractivity contribution in [3.05, 3.63) is 150 Å². The zero-order valence-corrected chi connectivity index (χ0v) is 25.2. The van der Waals surface area contributed by atoms with Crippen molar-refractivity contribution in [1.82, 2.24) is 4.31 Å². The normalized spacial score (nSPS) is 12.4. The minimum atomic E-state index is -4.15. The topological polar surface area (TPSA) is 87.8 Å². The molecule has 0 spiro atoms. The zero-order chi connectivity index (χ0) is 31.6. The molecule has 0 unspecified atom stereocenters. The van der Waals surface area contributed by atoms with Crippen molar-refractivity contribution in [2.24, 2.45) is 0 Å². The van der Waals surface area contributed by atoms with Gasteiger partial charge in [-0.1, -0.05) is 97.1 Å². The number of hydrogen-bond acceptors (Lipinski definition) is 4. The van der Waals surface area contributed by atoms with Gasteiger partial charge in [0.2, 0.25) is 10.0 Å². The van der Waals surface area contributed by atoms with Crippen LogP contribution in [0.15, 0.2) is 137 Å². The van der Waals surface area contributed by atoms with Gasteiger partial charge in [0.15, 0.2) is 0 Å². The van der Waals surface area contributed by atoms with Crippen LogP contribution < -0.4 is 0 Å². The Morgan fingerprint density at radius 3 is 2.04 bits per heavy atom. The van der Waals surface area contributed by atoms with Gasteiger partial charge in [-0.25, -0.2) is 12.8 Å². The van der Waals surface area contributed by atoms with Crippen molar-refractivity contribution >= 4 is 27.0 Å². The smallest absolute Gasteiger partial charge is 0.322 e. The molecular weight excluding hydrogens is 589 g/mol. The number of fused-ring (bicyclic) bond motifs is 1. The largest absolute Gasteiger partial charge is 0.480 e. The molecule has 45 heavy (non-hydrogen) atoms. The van der Waals surface area contributed by atoms with Crippen molar-refractivity contribution in [3.8, 4) is 22.3 Å². The molecule has 0 aliphatic heterocycles. The Hall–Kier alpha value is -5.05. The van der Waals surface area contributed by atoms with Crippen LogP contribution in [-0.4, -0.2) is 36.9 Å². The summed E-state index contributed by atoms with van der Waals surface area (Å²) >= 11 is 0. The minimum absolute atomic E-state index is 0.0358. The van der Waals surface area contributed by atoms with Crippen LogP contribution in [0.5, 0.6) is 0 Å². The molecule has 1 aromatic heterocycles. The summed E-state index contributed by atoms with van der Waals surface area (Å²) in [6.45, 7) is 0. The number of para-hydroxylation sites is 1. The summed E-state index contributed by atoms with van der Waals surface area (Å²) < 4.78 is 47.6. The van der Waals surface area contributed by atoms with Crippen molar-refractivity contribution in [3.63, 3.8) is 0 Å². The molecule has 0 bridgehead atoms. The second-order valence-electron chi connectivity index (χ2n) is 10.9. The highest BCUT2D eigenvalue weighted by Gasteiger charge is 2.33. The van der Waals surface area contributed by atoms with E-state index in [0.29, 0.717) is 12.0 Å². The first kappa shape index (κ1) is 30.0. The molecule has 0 fully saturated rings. The molecule has 6 aromatic rings. The van der Waals surface area contributed by atoms with Gasteiger partial charge in [-0.15, -0.1) is 0 Å². The highest BCUT2D eigenvalue weighted by Crippen LogP contribution is 2.37. The van der Waals surface area contributed by atoms with Crippen LogP contribution in [0.25, 0.3) is 33.2 Å². The molecule has 0 saturated carbocycles. The number of nitrogens with zero attached hydrogens (tertiary/aromatic N) is 1. The van der Waals surface area contributed by atoms with Gasteiger partial charge in [0, 0.05) is 24.4 Å². The molecule has 8 heteroatoms. The number of likely N-dealkylation sites (N-methyl/N-ethyl adjacent to an activating group) is 1.